The van der Waals surface area contributed by atoms with Gasteiger partial charge in [-0.05, 0) is 49.2 Å². The first-order valence-electron chi connectivity index (χ1n) is 8.32. The molecule has 9 heteroatoms. The number of nitrogens with one attached hydrogen (secondary N) is 1. The van der Waals surface area contributed by atoms with Crippen molar-refractivity contribution in [3.63, 3.8) is 0 Å². The number of aryl methyl sites for hydroxylation is 2. The first-order chi connectivity index (χ1) is 13.3. The number of aromatic nitrogens is 2. The van der Waals surface area contributed by atoms with E-state index in [2.05, 4.69) is 10.4 Å². The number of ether oxygens (including phenoxy) is 1. The quantitative estimate of drug-likeness (QED) is 0.489. The third-order valence-electron chi connectivity index (χ3n) is 3.97. The van der Waals surface area contributed by atoms with Gasteiger partial charge in [-0.15, -0.1) is 0 Å². The monoisotopic (exact) mass is 400 g/mol. The van der Waals surface area contributed by atoms with E-state index in [9.17, 15) is 14.9 Å². The second-order valence-electron chi connectivity index (χ2n) is 6.16. The second kappa shape index (κ2) is 8.10. The maximum absolute atomic E-state index is 12.4. The molecule has 3 rings (SSSR count). The van der Waals surface area contributed by atoms with Crippen LogP contribution in [0.15, 0.2) is 48.7 Å². The molecule has 8 nitrogen and oxygen atoms in total. The smallest absolute Gasteiger partial charge is 0.294 e. The molecule has 0 unspecified atom stereocenters. The van der Waals surface area contributed by atoms with Crippen LogP contribution in [0.25, 0.3) is 0 Å². The topological polar surface area (TPSA) is 99.3 Å². The predicted molar refractivity (Wildman–Crippen MR) is 105 cm³/mol. The lowest BCUT2D eigenvalue weighted by Crippen LogP contribution is -2.15. The summed E-state index contributed by atoms with van der Waals surface area (Å²) in [7, 11) is 0. The average Bonchev–Trinajstić information content (AvgIpc) is 3.13. The normalized spacial score (nSPS) is 10.5. The Labute approximate surface area is 165 Å². The number of nitro groups is 1. The molecule has 0 fully saturated rings. The van der Waals surface area contributed by atoms with Crippen molar-refractivity contribution in [3.05, 3.63) is 80.6 Å². The first kappa shape index (κ1) is 19.4. The largest absolute Gasteiger partial charge is 0.471 e. The number of carbonyl (C=O) groups is 1. The van der Waals surface area contributed by atoms with Gasteiger partial charge >= 0.3 is 0 Å². The van der Waals surface area contributed by atoms with Gasteiger partial charge in [-0.2, -0.15) is 5.10 Å². The van der Waals surface area contributed by atoms with Crippen molar-refractivity contribution in [3.8, 4) is 5.75 Å². The highest BCUT2D eigenvalue weighted by Gasteiger charge is 2.18. The van der Waals surface area contributed by atoms with Gasteiger partial charge in [0.05, 0.1) is 4.92 Å². The number of hydrogen-bond donors (Lipinski definition) is 1. The fourth-order valence-corrected chi connectivity index (χ4v) is 2.67. The maximum atomic E-state index is 12.4. The molecule has 144 valence electrons. The Morgan fingerprint density at radius 1 is 1.25 bits per heavy atom. The SMILES string of the molecule is Cc1ccc(C)c(OCn2ccc(C(=O)Nc3ccc(Cl)cc3[N+](=O)[O-])n2)c1. The van der Waals surface area contributed by atoms with Crippen LogP contribution in [0.5, 0.6) is 5.75 Å². The Morgan fingerprint density at radius 3 is 2.79 bits per heavy atom. The van der Waals surface area contributed by atoms with E-state index in [0.717, 1.165) is 16.9 Å². The number of nitro benzene ring substituents is 1. The molecule has 1 amide bonds. The third kappa shape index (κ3) is 4.47. The molecular formula is C19H17ClN4O4. The van der Waals surface area contributed by atoms with Crippen LogP contribution in [-0.4, -0.2) is 20.6 Å². The van der Waals surface area contributed by atoms with E-state index < -0.39 is 10.8 Å². The molecule has 1 N–H and O–H groups in total. The van der Waals surface area contributed by atoms with Crippen molar-refractivity contribution >= 4 is 28.9 Å². The van der Waals surface area contributed by atoms with Crippen molar-refractivity contribution < 1.29 is 14.5 Å². The Bertz CT molecular complexity index is 1050. The standard InChI is InChI=1S/C19H17ClN4O4/c1-12-3-4-13(2)18(9-12)28-11-23-8-7-16(22-23)19(25)21-15-6-5-14(20)10-17(15)24(26)27/h3-10H,11H2,1-2H3,(H,21,25). The Morgan fingerprint density at radius 2 is 2.04 bits per heavy atom. The van der Waals surface area contributed by atoms with Gasteiger partial charge in [0.25, 0.3) is 11.6 Å². The van der Waals surface area contributed by atoms with Gasteiger partial charge in [0.2, 0.25) is 0 Å². The fraction of sp³-hybridized carbons (Fsp3) is 0.158. The van der Waals surface area contributed by atoms with Crippen LogP contribution in [0.2, 0.25) is 5.02 Å². The Kier molecular flexibility index (Phi) is 5.60. The van der Waals surface area contributed by atoms with Crippen molar-refractivity contribution in [2.75, 3.05) is 5.32 Å². The number of carbonyl (C=O) groups excluding carboxylic acids is 1. The minimum Gasteiger partial charge on any atom is -0.471 e. The summed E-state index contributed by atoms with van der Waals surface area (Å²) in [6, 6.07) is 11.4. The van der Waals surface area contributed by atoms with Gasteiger partial charge in [-0.1, -0.05) is 23.7 Å². The number of halogens is 1. The number of hydrogen-bond acceptors (Lipinski definition) is 5. The maximum Gasteiger partial charge on any atom is 0.294 e. The van der Waals surface area contributed by atoms with Gasteiger partial charge in [0, 0.05) is 17.3 Å². The number of amides is 1. The van der Waals surface area contributed by atoms with Crippen molar-refractivity contribution in [2.45, 2.75) is 20.6 Å². The molecule has 3 aromatic rings. The highest BCUT2D eigenvalue weighted by Crippen LogP contribution is 2.28. The summed E-state index contributed by atoms with van der Waals surface area (Å²) in [5, 5.41) is 18.0. The fourth-order valence-electron chi connectivity index (χ4n) is 2.50. The van der Waals surface area contributed by atoms with Crippen molar-refractivity contribution in [2.24, 2.45) is 0 Å². The van der Waals surface area contributed by atoms with E-state index >= 15 is 0 Å². The molecule has 0 atom stereocenters. The number of rotatable bonds is 6. The predicted octanol–water partition coefficient (Wildman–Crippen LogP) is 4.35. The zero-order valence-corrected chi connectivity index (χ0v) is 15.9. The summed E-state index contributed by atoms with van der Waals surface area (Å²) in [4.78, 5) is 22.9. The number of nitrogens with zero attached hydrogens (tertiary/aromatic N) is 3. The molecule has 2 aromatic carbocycles. The molecule has 0 aliphatic rings. The first-order valence-corrected chi connectivity index (χ1v) is 8.70. The number of anilines is 1. The van der Waals surface area contributed by atoms with Crippen molar-refractivity contribution in [1.82, 2.24) is 9.78 Å². The third-order valence-corrected chi connectivity index (χ3v) is 4.21. The van der Waals surface area contributed by atoms with Crippen molar-refractivity contribution in [1.29, 1.82) is 0 Å². The summed E-state index contributed by atoms with van der Waals surface area (Å²) < 4.78 is 7.21. The molecule has 1 aromatic heterocycles. The Balaban J connectivity index is 1.69. The van der Waals surface area contributed by atoms with E-state index in [1.54, 1.807) is 6.20 Å². The molecule has 0 radical (unpaired) electrons. The Hall–Kier alpha value is -3.39. The molecule has 0 aliphatic carbocycles. The zero-order chi connectivity index (χ0) is 20.3. The highest BCUT2D eigenvalue weighted by molar-refractivity contribution is 6.31. The van der Waals surface area contributed by atoms with E-state index in [-0.39, 0.29) is 28.8 Å². The molecule has 0 bridgehead atoms. The lowest BCUT2D eigenvalue weighted by Gasteiger charge is -2.09. The highest BCUT2D eigenvalue weighted by atomic mass is 35.5. The lowest BCUT2D eigenvalue weighted by molar-refractivity contribution is -0.383. The molecular weight excluding hydrogens is 384 g/mol. The van der Waals surface area contributed by atoms with Crippen LogP contribution in [0, 0.1) is 24.0 Å². The van der Waals surface area contributed by atoms with Gasteiger partial charge < -0.3 is 10.1 Å². The molecule has 0 saturated heterocycles. The van der Waals surface area contributed by atoms with Gasteiger partial charge in [-0.25, -0.2) is 4.68 Å². The molecule has 0 spiro atoms. The van der Waals surface area contributed by atoms with Gasteiger partial charge in [0.15, 0.2) is 12.4 Å². The van der Waals surface area contributed by atoms with E-state index in [4.69, 9.17) is 16.3 Å². The molecule has 1 heterocycles. The summed E-state index contributed by atoms with van der Waals surface area (Å²) >= 11 is 5.78. The lowest BCUT2D eigenvalue weighted by atomic mass is 10.1. The van der Waals surface area contributed by atoms with Crippen LogP contribution in [-0.2, 0) is 6.73 Å². The van der Waals surface area contributed by atoms with E-state index in [0.29, 0.717) is 0 Å². The average molecular weight is 401 g/mol. The summed E-state index contributed by atoms with van der Waals surface area (Å²) in [6.07, 6.45) is 1.59. The van der Waals surface area contributed by atoms with E-state index in [1.807, 2.05) is 32.0 Å². The second-order valence-corrected chi connectivity index (χ2v) is 6.59. The van der Waals surface area contributed by atoms with Crippen LogP contribution in [0.4, 0.5) is 11.4 Å². The van der Waals surface area contributed by atoms with Crippen LogP contribution in [0.1, 0.15) is 21.6 Å². The minimum absolute atomic E-state index is 0.0422. The zero-order valence-electron chi connectivity index (χ0n) is 15.2. The summed E-state index contributed by atoms with van der Waals surface area (Å²) in [5.74, 6) is 0.161. The summed E-state index contributed by atoms with van der Waals surface area (Å²) in [6.45, 7) is 4.03. The minimum atomic E-state index is -0.613. The summed E-state index contributed by atoms with van der Waals surface area (Å²) in [5.41, 5.74) is 1.92. The van der Waals surface area contributed by atoms with Gasteiger partial charge in [-0.3, -0.25) is 14.9 Å². The van der Waals surface area contributed by atoms with Crippen LogP contribution < -0.4 is 10.1 Å². The van der Waals surface area contributed by atoms with Crippen LogP contribution >= 0.6 is 11.6 Å². The van der Waals surface area contributed by atoms with Crippen LogP contribution in [0.3, 0.4) is 0 Å². The molecule has 0 saturated carbocycles. The van der Waals surface area contributed by atoms with Gasteiger partial charge in [0.1, 0.15) is 11.4 Å². The molecule has 0 aliphatic heterocycles. The number of benzene rings is 2. The molecule has 28 heavy (non-hydrogen) atoms. The van der Waals surface area contributed by atoms with E-state index in [1.165, 1.54) is 28.9 Å².